The van der Waals surface area contributed by atoms with Gasteiger partial charge < -0.3 is 146 Å². The summed E-state index contributed by atoms with van der Waals surface area (Å²) in [4.78, 5) is 191. The minimum atomic E-state index is -4.75. The summed E-state index contributed by atoms with van der Waals surface area (Å²) in [5, 5.41) is 10.5. The normalized spacial score (nSPS) is 31.3. The standard InChI is InChI=1S/C66H89N25O30P6S6/c1-24-10-86(65(96)80-48(24)67)59-27(4)44(34(112-59)14-107-126(102,132)121-47-30(7)62(91-23-79-42-54(91)82-64(71)84-57(42)95)115-37(47)17-106-124(100,130)117-43-26(3)58(111-32(43)12-92)87-11-25(2)55(93)85-66(87)97)118-125(101,131)108-16-36-46(29(6)61(114-36)90-22-77-40-50(69)73-19-75-52(40)90)120-127(103,133)109-15-35-45(28(5)60(113-35)89-21-76-39-49(68)72-18-74-51(39)89)119-123(99,129)105-13-33-31(116-122(98,128)104-8)9-38(110-33)88-20-78-41-53(88)81-63(70)83-56(41)94/h10-11,18-23,26-38,43-47,58-62,92H,9,12-17H2,1-8H3,(H,98,128)(H,99,129)(H,100,130)(H,101,131)(H,102,132)(H,103,133)(H2,67,80,96)(H2,68,72,74)(H2,69,73,75)(H,85,93,97)(H3,70,81,83,94)(H3,71,82,84,95)/t26?,27?,28?,29?,30?,31-,32-,33-,34-,35-,36-,37-,38-,43-,44-,45-,46-,47-,58-,59-,60-,61-,62-,122?,123?,124?,125?,126?,127?/m1/s1. The fraction of sp³-hybridized carbons (Fsp3) is 0.576. The van der Waals surface area contributed by atoms with Gasteiger partial charge >= 0.3 is 51.7 Å². The number of aryl methyl sites for hydroxylation is 2. The Balaban J connectivity index is 0.636. The Kier molecular flexibility index (Phi) is 29.0. The maximum Gasteiger partial charge on any atom is 0.351 e. The van der Waals surface area contributed by atoms with Crippen molar-refractivity contribution in [2.75, 3.05) is 75.4 Å². The van der Waals surface area contributed by atoms with Crippen LogP contribution in [0, 0.1) is 43.4 Å². The van der Waals surface area contributed by atoms with Crippen LogP contribution in [0.25, 0.3) is 44.7 Å². The lowest BCUT2D eigenvalue weighted by Gasteiger charge is -2.30. The van der Waals surface area contributed by atoms with E-state index in [4.69, 9.17) is 182 Å². The van der Waals surface area contributed by atoms with Gasteiger partial charge in [-0.05, 0) is 84.7 Å². The number of hydrogen-bond donors (Lipinski definition) is 15. The van der Waals surface area contributed by atoms with Crippen molar-refractivity contribution in [3.8, 4) is 0 Å². The molecule has 10 aromatic rings. The van der Waals surface area contributed by atoms with Crippen LogP contribution in [0.2, 0.25) is 0 Å². The molecule has 0 amide bonds. The van der Waals surface area contributed by atoms with Gasteiger partial charge in [0, 0.05) is 66.6 Å². The van der Waals surface area contributed by atoms with E-state index in [2.05, 4.69) is 69.8 Å². The summed E-state index contributed by atoms with van der Waals surface area (Å²) in [7, 11) is 1.14. The SMILES string of the molecule is COP(O)(=S)O[C@@H]1C[C@H](n2cnc3c(=O)[nH]c(N)nc32)O[C@@H]1COP(O)(=S)O[C@@H]1C(C)[C@H](n2cnc3c(N)ncnc32)O[C@@H]1COP(O)(=S)O[C@@H]1C(C)[C@H](n2cnc3c(N)ncnc32)O[C@@H]1COP(O)(=S)O[C@@H]1C(C)[C@H](n2cc(C)c(N)nc2=O)O[C@@H]1COP(O)(=S)O[C@@H]1C(C)[C@H](n2cnc3c(=O)[nH]c(N)nc32)O[C@@H]1COP(O)(=S)O[C@@H]1C(C)[C@H](n2cc(C)c(=O)[nH]c2=O)O[C@@H]1CO. The topological polar surface area (TPSA) is 742 Å². The molecular weight excluding hydrogens is 2000 g/mol. The molecule has 20 N–H and O–H groups in total. The number of aromatic nitrogens is 20. The van der Waals surface area contributed by atoms with Gasteiger partial charge in [0.1, 0.15) is 134 Å². The molecule has 16 rings (SSSR count). The average Bonchev–Trinajstić information content (AvgIpc) is 1.95. The highest BCUT2D eigenvalue weighted by atomic mass is 32.5. The second-order valence-electron chi connectivity index (χ2n) is 31.8. The molecule has 6 aliphatic rings. The highest BCUT2D eigenvalue weighted by Gasteiger charge is 2.55. The van der Waals surface area contributed by atoms with E-state index in [9.17, 15) is 58.4 Å². The lowest BCUT2D eigenvalue weighted by molar-refractivity contribution is -0.0574. The first-order valence-electron chi connectivity index (χ1n) is 40.1. The molecule has 55 nitrogen and oxygen atoms in total. The van der Waals surface area contributed by atoms with Gasteiger partial charge in [0.05, 0.1) is 71.1 Å². The Labute approximate surface area is 778 Å². The highest BCUT2D eigenvalue weighted by Crippen LogP contribution is 2.60. The van der Waals surface area contributed by atoms with E-state index < -0.39 is 248 Å². The van der Waals surface area contributed by atoms with Crippen LogP contribution in [0.4, 0.5) is 29.4 Å². The molecule has 0 spiro atoms. The maximum absolute atomic E-state index is 13.8. The summed E-state index contributed by atoms with van der Waals surface area (Å²) in [6.45, 7) is -20.2. The third-order valence-electron chi connectivity index (χ3n) is 23.1. The number of fused-ring (bicyclic) bond motifs is 4. The van der Waals surface area contributed by atoms with Crippen LogP contribution >= 0.6 is 40.3 Å². The van der Waals surface area contributed by atoms with E-state index in [-0.39, 0.29) is 86.0 Å². The first-order valence-corrected chi connectivity index (χ1v) is 55.6. The lowest BCUT2D eigenvalue weighted by atomic mass is 10.0. The highest BCUT2D eigenvalue weighted by molar-refractivity contribution is 8.08. The predicted molar refractivity (Wildman–Crippen MR) is 484 cm³/mol. The van der Waals surface area contributed by atoms with Crippen LogP contribution in [0.3, 0.4) is 0 Å². The third-order valence-corrected chi connectivity index (χ3v) is 32.6. The minimum Gasteiger partial charge on any atom is -0.394 e. The Hall–Kier alpha value is -6.74. The summed E-state index contributed by atoms with van der Waals surface area (Å²) in [5.74, 6) is -5.20. The summed E-state index contributed by atoms with van der Waals surface area (Å²) in [5.41, 5.74) is 27.8. The molecular formula is C66H89N25O30P6S6. The van der Waals surface area contributed by atoms with Crippen LogP contribution in [-0.2, 0) is 154 Å². The first-order chi connectivity index (χ1) is 62.7. The fourth-order valence-electron chi connectivity index (χ4n) is 16.5. The molecule has 724 valence electrons. The molecule has 0 aromatic carbocycles. The summed E-state index contributed by atoms with van der Waals surface area (Å²) < 4.78 is 120. The number of H-pyrrole nitrogens is 3. The van der Waals surface area contributed by atoms with Crippen molar-refractivity contribution in [2.45, 2.75) is 166 Å². The van der Waals surface area contributed by atoms with Gasteiger partial charge in [0.2, 0.25) is 11.9 Å². The van der Waals surface area contributed by atoms with Crippen LogP contribution < -0.4 is 56.7 Å². The molecule has 67 heteroatoms. The lowest BCUT2D eigenvalue weighted by Crippen LogP contribution is -2.36. The van der Waals surface area contributed by atoms with E-state index in [1.807, 2.05) is 0 Å². The zero-order chi connectivity index (χ0) is 95.5. The second kappa shape index (κ2) is 38.8. The molecule has 133 heavy (non-hydrogen) atoms. The van der Waals surface area contributed by atoms with Gasteiger partial charge in [-0.1, -0.05) is 34.6 Å². The molecule has 0 aliphatic carbocycles. The van der Waals surface area contributed by atoms with E-state index in [0.717, 1.165) is 16.2 Å². The molecule has 16 heterocycles. The zero-order valence-electron chi connectivity index (χ0n) is 70.5. The monoisotopic (exact) mass is 2090 g/mol. The van der Waals surface area contributed by atoms with Crippen LogP contribution in [0.1, 0.15) is 89.5 Å². The number of nitrogens with two attached hydrogens (primary N) is 5. The van der Waals surface area contributed by atoms with Crippen molar-refractivity contribution < 1.29 is 117 Å². The Morgan fingerprint density at radius 2 is 0.744 bits per heavy atom. The number of nitrogens with one attached hydrogen (secondary N) is 3. The molecule has 29 atom stereocenters. The smallest absolute Gasteiger partial charge is 0.351 e. The van der Waals surface area contributed by atoms with Crippen molar-refractivity contribution in [3.63, 3.8) is 0 Å². The van der Waals surface area contributed by atoms with Crippen LogP contribution in [0.15, 0.2) is 74.3 Å². The van der Waals surface area contributed by atoms with E-state index >= 15 is 0 Å². The Morgan fingerprint density at radius 1 is 0.398 bits per heavy atom. The van der Waals surface area contributed by atoms with Gasteiger partial charge in [0.25, 0.3) is 16.7 Å². The molecule has 10 aromatic heterocycles. The van der Waals surface area contributed by atoms with Gasteiger partial charge in [-0.3, -0.25) is 56.7 Å². The number of nitrogen functional groups attached to an aromatic ring is 5. The van der Waals surface area contributed by atoms with Gasteiger partial charge in [-0.25, -0.2) is 49.5 Å². The van der Waals surface area contributed by atoms with Crippen molar-refractivity contribution >= 4 is 185 Å². The van der Waals surface area contributed by atoms with Crippen LogP contribution in [0.5, 0.6) is 0 Å². The van der Waals surface area contributed by atoms with Gasteiger partial charge in [-0.15, -0.1) is 0 Å². The minimum absolute atomic E-state index is 0.00556. The molecule has 0 radical (unpaired) electrons. The number of aromatic amines is 3. The maximum atomic E-state index is 13.8. The molecule has 11 unspecified atom stereocenters. The summed E-state index contributed by atoms with van der Waals surface area (Å²) in [6.07, 6.45) is -12.8. The number of aliphatic hydroxyl groups is 1. The zero-order valence-corrected chi connectivity index (χ0v) is 80.8. The average molecular weight is 2090 g/mol. The largest absolute Gasteiger partial charge is 0.394 e. The Morgan fingerprint density at radius 3 is 1.15 bits per heavy atom. The van der Waals surface area contributed by atoms with E-state index in [1.54, 1.807) is 41.5 Å². The number of nitrogens with zero attached hydrogens (tertiary/aromatic N) is 17. The molecule has 0 saturated carbocycles. The molecule has 6 saturated heterocycles. The second-order valence-corrected chi connectivity index (χ2v) is 48.7. The number of anilines is 5. The summed E-state index contributed by atoms with van der Waals surface area (Å²) in [6, 6.07) is 0. The number of ether oxygens (including phenoxy) is 6. The molecule has 0 bridgehead atoms. The Bertz CT molecular complexity index is 6740. The van der Waals surface area contributed by atoms with Gasteiger partial charge in [-0.2, -0.15) is 15.0 Å². The predicted octanol–water partition coefficient (Wildman–Crippen LogP) is 0.556. The fourth-order valence-corrected chi connectivity index (χ4v) is 25.1. The van der Waals surface area contributed by atoms with Crippen LogP contribution in [-0.4, -0.2) is 252 Å². The van der Waals surface area contributed by atoms with Crippen molar-refractivity contribution in [2.24, 2.45) is 29.6 Å². The number of aliphatic hydroxyl groups excluding tert-OH is 1. The third kappa shape index (κ3) is 20.8. The number of rotatable bonds is 35. The van der Waals surface area contributed by atoms with Crippen molar-refractivity contribution in [1.29, 1.82) is 0 Å². The summed E-state index contributed by atoms with van der Waals surface area (Å²) >= 11 is 33.9. The van der Waals surface area contributed by atoms with Crippen molar-refractivity contribution in [1.82, 2.24) is 97.2 Å². The number of hydrogen-bond acceptors (Lipinski definition) is 46. The quantitative estimate of drug-likeness (QED) is 0.0241. The molecule has 6 fully saturated rings. The van der Waals surface area contributed by atoms with Gasteiger partial charge in [0.15, 0.2) is 45.3 Å². The first kappa shape index (κ1) is 99.3. The van der Waals surface area contributed by atoms with Crippen molar-refractivity contribution in [3.05, 3.63) is 114 Å². The van der Waals surface area contributed by atoms with E-state index in [1.165, 1.54) is 75.5 Å². The molecule has 6 aliphatic heterocycles. The van der Waals surface area contributed by atoms with E-state index in [0.29, 0.717) is 5.56 Å². The number of imidazole rings is 4.